The van der Waals surface area contributed by atoms with Crippen molar-refractivity contribution in [2.24, 2.45) is 5.92 Å². The first-order valence-electron chi connectivity index (χ1n) is 7.03. The Morgan fingerprint density at radius 2 is 1.85 bits per heavy atom. The Kier molecular flexibility index (Phi) is 3.84. The van der Waals surface area contributed by atoms with E-state index in [-0.39, 0.29) is 17.7 Å². The second-order valence-electron chi connectivity index (χ2n) is 5.90. The van der Waals surface area contributed by atoms with Gasteiger partial charge < -0.3 is 5.32 Å². The molecule has 1 heterocycles. The molecule has 1 aliphatic heterocycles. The van der Waals surface area contributed by atoms with Crippen molar-refractivity contribution in [3.8, 4) is 0 Å². The Hall–Kier alpha value is -1.84. The third kappa shape index (κ3) is 2.42. The van der Waals surface area contributed by atoms with Gasteiger partial charge in [0.1, 0.15) is 12.1 Å². The van der Waals surface area contributed by atoms with Crippen molar-refractivity contribution in [1.29, 1.82) is 0 Å². The average molecular weight is 274 g/mol. The number of carbonyl (C=O) groups is 2. The van der Waals surface area contributed by atoms with Crippen molar-refractivity contribution >= 4 is 17.5 Å². The monoisotopic (exact) mass is 274 g/mol. The highest BCUT2D eigenvalue weighted by atomic mass is 16.2. The van der Waals surface area contributed by atoms with Gasteiger partial charge in [0.15, 0.2) is 0 Å². The zero-order valence-electron chi connectivity index (χ0n) is 12.7. The molecular formula is C16H22N2O2. The molecule has 1 saturated heterocycles. The number of hydrogen-bond donors (Lipinski definition) is 1. The molecule has 2 rings (SSSR count). The van der Waals surface area contributed by atoms with Gasteiger partial charge in [0.2, 0.25) is 5.91 Å². The molecule has 0 radical (unpaired) electrons. The molecule has 4 nitrogen and oxygen atoms in total. The number of hydrogen-bond acceptors (Lipinski definition) is 2. The third-order valence-corrected chi connectivity index (χ3v) is 3.85. The van der Waals surface area contributed by atoms with E-state index in [4.69, 9.17) is 0 Å². The predicted octanol–water partition coefficient (Wildman–Crippen LogP) is 2.18. The van der Waals surface area contributed by atoms with E-state index in [0.29, 0.717) is 0 Å². The summed E-state index contributed by atoms with van der Waals surface area (Å²) >= 11 is 0. The number of nitrogens with zero attached hydrogens (tertiary/aromatic N) is 1. The molecule has 2 atom stereocenters. The maximum Gasteiger partial charge on any atom is 0.250 e. The lowest BCUT2D eigenvalue weighted by molar-refractivity contribution is -0.134. The number of benzene rings is 1. The van der Waals surface area contributed by atoms with Crippen molar-refractivity contribution in [2.45, 2.75) is 46.7 Å². The molecule has 1 aliphatic rings. The molecule has 2 amide bonds. The summed E-state index contributed by atoms with van der Waals surface area (Å²) in [4.78, 5) is 26.4. The lowest BCUT2D eigenvalue weighted by Gasteiger charge is -2.39. The normalized spacial score (nSPS) is 23.2. The number of amides is 2. The molecule has 0 bridgehead atoms. The van der Waals surface area contributed by atoms with Crippen LogP contribution in [0.1, 0.15) is 31.9 Å². The molecule has 0 saturated carbocycles. The SMILES string of the molecule is Cc1ccc(N2C(=O)C(C(C)C)NC(=O)C2C)c(C)c1. The van der Waals surface area contributed by atoms with Crippen LogP contribution in [-0.4, -0.2) is 23.9 Å². The van der Waals surface area contributed by atoms with Crippen LogP contribution in [0.2, 0.25) is 0 Å². The number of anilines is 1. The molecule has 20 heavy (non-hydrogen) atoms. The standard InChI is InChI=1S/C16H22N2O2/c1-9(2)14-16(20)18(12(5)15(19)17-14)13-7-6-10(3)8-11(13)4/h6-9,12,14H,1-5H3,(H,17,19). The Labute approximate surface area is 120 Å². The molecule has 0 aliphatic carbocycles. The molecule has 1 fully saturated rings. The van der Waals surface area contributed by atoms with E-state index in [9.17, 15) is 9.59 Å². The molecule has 4 heteroatoms. The minimum atomic E-state index is -0.473. The maximum atomic E-state index is 12.7. The largest absolute Gasteiger partial charge is 0.342 e. The summed E-state index contributed by atoms with van der Waals surface area (Å²) in [5, 5.41) is 2.82. The summed E-state index contributed by atoms with van der Waals surface area (Å²) in [5.41, 5.74) is 2.99. The smallest absolute Gasteiger partial charge is 0.250 e. The average Bonchev–Trinajstić information content (AvgIpc) is 2.36. The van der Waals surface area contributed by atoms with Crippen LogP contribution in [0.4, 0.5) is 5.69 Å². The minimum Gasteiger partial charge on any atom is -0.342 e. The number of nitrogens with one attached hydrogen (secondary N) is 1. The van der Waals surface area contributed by atoms with Gasteiger partial charge in [0, 0.05) is 5.69 Å². The summed E-state index contributed by atoms with van der Waals surface area (Å²) in [6, 6.07) is 5.01. The fourth-order valence-electron chi connectivity index (χ4n) is 2.65. The molecule has 0 aromatic heterocycles. The van der Waals surface area contributed by atoms with Gasteiger partial charge >= 0.3 is 0 Å². The quantitative estimate of drug-likeness (QED) is 0.898. The van der Waals surface area contributed by atoms with Crippen LogP contribution in [0.15, 0.2) is 18.2 Å². The highest BCUT2D eigenvalue weighted by Gasteiger charge is 2.40. The first kappa shape index (κ1) is 14.6. The van der Waals surface area contributed by atoms with Crippen molar-refractivity contribution < 1.29 is 9.59 Å². The van der Waals surface area contributed by atoms with Gasteiger partial charge in [-0.3, -0.25) is 14.5 Å². The predicted molar refractivity (Wildman–Crippen MR) is 79.6 cm³/mol. The highest BCUT2D eigenvalue weighted by molar-refractivity contribution is 6.08. The van der Waals surface area contributed by atoms with Gasteiger partial charge in [0.05, 0.1) is 0 Å². The van der Waals surface area contributed by atoms with Crippen molar-refractivity contribution in [1.82, 2.24) is 5.32 Å². The molecule has 1 aromatic rings. The highest BCUT2D eigenvalue weighted by Crippen LogP contribution is 2.27. The minimum absolute atomic E-state index is 0.0287. The third-order valence-electron chi connectivity index (χ3n) is 3.85. The Morgan fingerprint density at radius 1 is 1.20 bits per heavy atom. The lowest BCUT2D eigenvalue weighted by atomic mass is 9.97. The number of piperazine rings is 1. The number of rotatable bonds is 2. The van der Waals surface area contributed by atoms with E-state index in [0.717, 1.165) is 16.8 Å². The van der Waals surface area contributed by atoms with Gasteiger partial charge in [-0.25, -0.2) is 0 Å². The summed E-state index contributed by atoms with van der Waals surface area (Å²) in [6.07, 6.45) is 0. The summed E-state index contributed by atoms with van der Waals surface area (Å²) in [7, 11) is 0. The van der Waals surface area contributed by atoms with Crippen LogP contribution in [0.3, 0.4) is 0 Å². The Morgan fingerprint density at radius 3 is 2.40 bits per heavy atom. The van der Waals surface area contributed by atoms with Gasteiger partial charge in [0.25, 0.3) is 5.91 Å². The van der Waals surface area contributed by atoms with Crippen molar-refractivity contribution in [3.05, 3.63) is 29.3 Å². The molecule has 2 unspecified atom stereocenters. The number of carbonyl (C=O) groups excluding carboxylic acids is 2. The Bertz CT molecular complexity index is 551. The fourth-order valence-corrected chi connectivity index (χ4v) is 2.65. The van der Waals surface area contributed by atoms with Crippen molar-refractivity contribution in [2.75, 3.05) is 4.90 Å². The second-order valence-corrected chi connectivity index (χ2v) is 5.90. The van der Waals surface area contributed by atoms with Gasteiger partial charge in [-0.2, -0.15) is 0 Å². The summed E-state index contributed by atoms with van der Waals surface area (Å²) in [6.45, 7) is 9.64. The molecule has 1 aromatic carbocycles. The van der Waals surface area contributed by atoms with E-state index in [1.807, 2.05) is 45.9 Å². The first-order chi connectivity index (χ1) is 9.32. The van der Waals surface area contributed by atoms with Crippen LogP contribution < -0.4 is 10.2 Å². The van der Waals surface area contributed by atoms with Crippen LogP contribution in [0.5, 0.6) is 0 Å². The van der Waals surface area contributed by atoms with Crippen LogP contribution in [0, 0.1) is 19.8 Å². The zero-order chi connectivity index (χ0) is 15.0. The fraction of sp³-hybridized carbons (Fsp3) is 0.500. The molecular weight excluding hydrogens is 252 g/mol. The number of aryl methyl sites for hydroxylation is 2. The second kappa shape index (κ2) is 5.27. The maximum absolute atomic E-state index is 12.7. The zero-order valence-corrected chi connectivity index (χ0v) is 12.7. The summed E-state index contributed by atoms with van der Waals surface area (Å²) < 4.78 is 0. The van der Waals surface area contributed by atoms with Crippen LogP contribution in [-0.2, 0) is 9.59 Å². The van der Waals surface area contributed by atoms with E-state index in [1.54, 1.807) is 11.8 Å². The van der Waals surface area contributed by atoms with Crippen molar-refractivity contribution in [3.63, 3.8) is 0 Å². The van der Waals surface area contributed by atoms with Gasteiger partial charge in [-0.1, -0.05) is 31.5 Å². The molecule has 108 valence electrons. The van der Waals surface area contributed by atoms with Gasteiger partial charge in [-0.15, -0.1) is 0 Å². The van der Waals surface area contributed by atoms with E-state index < -0.39 is 12.1 Å². The van der Waals surface area contributed by atoms with Gasteiger partial charge in [-0.05, 0) is 38.3 Å². The van der Waals surface area contributed by atoms with Crippen LogP contribution >= 0.6 is 0 Å². The molecule has 0 spiro atoms. The van der Waals surface area contributed by atoms with E-state index in [1.165, 1.54) is 0 Å². The Balaban J connectivity index is 2.46. The molecule has 1 N–H and O–H groups in total. The van der Waals surface area contributed by atoms with E-state index in [2.05, 4.69) is 5.32 Å². The summed E-state index contributed by atoms with van der Waals surface area (Å²) in [5.74, 6) is -0.0467. The lowest BCUT2D eigenvalue weighted by Crippen LogP contribution is -2.64. The van der Waals surface area contributed by atoms with Crippen LogP contribution in [0.25, 0.3) is 0 Å². The van der Waals surface area contributed by atoms with E-state index >= 15 is 0 Å². The topological polar surface area (TPSA) is 49.4 Å². The first-order valence-corrected chi connectivity index (χ1v) is 7.03.